The molecule has 206 valence electrons. The summed E-state index contributed by atoms with van der Waals surface area (Å²) < 4.78 is 46.9. The molecule has 39 heavy (non-hydrogen) atoms. The van der Waals surface area contributed by atoms with Crippen LogP contribution in [0.5, 0.6) is 5.75 Å². The van der Waals surface area contributed by atoms with Gasteiger partial charge in [-0.2, -0.15) is 18.3 Å². The smallest absolute Gasteiger partial charge is 0.435 e. The molecule has 0 aliphatic rings. The first-order valence-corrected chi connectivity index (χ1v) is 12.5. The van der Waals surface area contributed by atoms with Crippen LogP contribution in [0.3, 0.4) is 0 Å². The van der Waals surface area contributed by atoms with Gasteiger partial charge in [-0.1, -0.05) is 59.6 Å². The number of rotatable bonds is 6. The quantitative estimate of drug-likeness (QED) is 0.244. The van der Waals surface area contributed by atoms with Crippen molar-refractivity contribution in [2.75, 3.05) is 5.32 Å². The van der Waals surface area contributed by atoms with Crippen molar-refractivity contribution in [1.29, 1.82) is 0 Å². The van der Waals surface area contributed by atoms with E-state index in [0.29, 0.717) is 11.4 Å². The summed E-state index contributed by atoms with van der Waals surface area (Å²) in [6.45, 7) is 4.66. The van der Waals surface area contributed by atoms with Crippen molar-refractivity contribution in [3.05, 3.63) is 94.2 Å². The van der Waals surface area contributed by atoms with Crippen molar-refractivity contribution in [2.45, 2.75) is 39.7 Å². The summed E-state index contributed by atoms with van der Waals surface area (Å²) in [4.78, 5) is 11.5. The summed E-state index contributed by atoms with van der Waals surface area (Å²) in [5.74, 6) is 0.239. The molecule has 6 nitrogen and oxygen atoms in total. The molecular formula is C28H26Cl2F3N3O3. The van der Waals surface area contributed by atoms with Gasteiger partial charge < -0.3 is 15.2 Å². The number of benzene rings is 3. The third-order valence-corrected chi connectivity index (χ3v) is 5.62. The van der Waals surface area contributed by atoms with E-state index in [1.54, 1.807) is 50.2 Å². The van der Waals surface area contributed by atoms with Crippen molar-refractivity contribution in [1.82, 2.24) is 9.78 Å². The Balaban J connectivity index is 0.000000983. The van der Waals surface area contributed by atoms with Gasteiger partial charge in [0.2, 0.25) is 5.91 Å². The van der Waals surface area contributed by atoms with E-state index in [1.807, 2.05) is 18.2 Å². The molecule has 4 rings (SSSR count). The molecule has 0 atom stereocenters. The number of aromatic nitrogens is 2. The van der Waals surface area contributed by atoms with Gasteiger partial charge in [0.05, 0.1) is 15.7 Å². The highest BCUT2D eigenvalue weighted by Gasteiger charge is 2.35. The second-order valence-electron chi connectivity index (χ2n) is 8.63. The number of nitrogens with one attached hydrogen (secondary N) is 1. The Morgan fingerprint density at radius 1 is 1.03 bits per heavy atom. The summed E-state index contributed by atoms with van der Waals surface area (Å²) in [6.07, 6.45) is -4.82. The number of hydrogen-bond acceptors (Lipinski definition) is 4. The summed E-state index contributed by atoms with van der Waals surface area (Å²) in [7, 11) is 0. The third kappa shape index (κ3) is 8.23. The first-order chi connectivity index (χ1) is 18.4. The molecule has 0 aliphatic heterocycles. The lowest BCUT2D eigenvalue weighted by atomic mass is 10.0. The van der Waals surface area contributed by atoms with Gasteiger partial charge >= 0.3 is 6.18 Å². The van der Waals surface area contributed by atoms with E-state index in [1.165, 1.54) is 19.1 Å². The normalized spacial score (nSPS) is 11.1. The standard InChI is InChI=1S/C25H18Cl2F3N3O2.C3H8O/c1-15(34)31-22-8-3-2-5-19(22)16-9-11-18(12-10-16)35-14-17-13-23(25(28,29)30)32-33(17)24-20(26)6-4-7-21(24)27;1-3(2)4/h2-13H,14H2,1H3,(H,31,34);3-4H,1-2H3. The van der Waals surface area contributed by atoms with Crippen LogP contribution in [0.25, 0.3) is 16.8 Å². The van der Waals surface area contributed by atoms with Crippen molar-refractivity contribution in [3.8, 4) is 22.6 Å². The minimum absolute atomic E-state index is 0.118. The van der Waals surface area contributed by atoms with Crippen LogP contribution < -0.4 is 10.1 Å². The Bertz CT molecular complexity index is 1400. The minimum atomic E-state index is -4.66. The maximum Gasteiger partial charge on any atom is 0.435 e. The fourth-order valence-electron chi connectivity index (χ4n) is 3.47. The van der Waals surface area contributed by atoms with Gasteiger partial charge in [0.25, 0.3) is 0 Å². The van der Waals surface area contributed by atoms with Gasteiger partial charge in [-0.05, 0) is 55.8 Å². The highest BCUT2D eigenvalue weighted by atomic mass is 35.5. The van der Waals surface area contributed by atoms with E-state index in [4.69, 9.17) is 33.0 Å². The van der Waals surface area contributed by atoms with Gasteiger partial charge in [-0.25, -0.2) is 4.68 Å². The number of halogens is 5. The van der Waals surface area contributed by atoms with E-state index >= 15 is 0 Å². The molecule has 0 spiro atoms. The van der Waals surface area contributed by atoms with E-state index in [9.17, 15) is 18.0 Å². The summed E-state index contributed by atoms with van der Waals surface area (Å²) >= 11 is 12.4. The minimum Gasteiger partial charge on any atom is -0.487 e. The summed E-state index contributed by atoms with van der Waals surface area (Å²) in [5, 5.41) is 14.8. The zero-order chi connectivity index (χ0) is 28.7. The largest absolute Gasteiger partial charge is 0.487 e. The molecule has 0 saturated carbocycles. The van der Waals surface area contributed by atoms with Crippen LogP contribution in [0.15, 0.2) is 72.8 Å². The average molecular weight is 580 g/mol. The second kappa shape index (κ2) is 13.0. The van der Waals surface area contributed by atoms with Crippen molar-refractivity contribution in [3.63, 3.8) is 0 Å². The van der Waals surface area contributed by atoms with E-state index in [-0.39, 0.29) is 40.0 Å². The molecular weight excluding hydrogens is 554 g/mol. The number of ether oxygens (including phenoxy) is 1. The number of alkyl halides is 3. The van der Waals surface area contributed by atoms with Gasteiger partial charge in [0.1, 0.15) is 18.0 Å². The maximum absolute atomic E-state index is 13.4. The molecule has 0 unspecified atom stereocenters. The number of hydrogen-bond donors (Lipinski definition) is 2. The highest BCUT2D eigenvalue weighted by molar-refractivity contribution is 6.37. The van der Waals surface area contributed by atoms with Gasteiger partial charge in [-0.15, -0.1) is 0 Å². The SMILES string of the molecule is CC(=O)Nc1ccccc1-c1ccc(OCc2cc(C(F)(F)F)nn2-c2c(Cl)cccc2Cl)cc1.CC(C)O. The first kappa shape index (κ1) is 30.0. The Morgan fingerprint density at radius 3 is 2.18 bits per heavy atom. The Hall–Kier alpha value is -3.53. The van der Waals surface area contributed by atoms with Crippen molar-refractivity contribution in [2.24, 2.45) is 0 Å². The molecule has 0 radical (unpaired) electrons. The van der Waals surface area contributed by atoms with Gasteiger partial charge in [-0.3, -0.25) is 4.79 Å². The van der Waals surface area contributed by atoms with E-state index in [2.05, 4.69) is 10.4 Å². The molecule has 11 heteroatoms. The Kier molecular flexibility index (Phi) is 10.0. The van der Waals surface area contributed by atoms with E-state index < -0.39 is 11.9 Å². The van der Waals surface area contributed by atoms with Crippen LogP contribution in [0.4, 0.5) is 18.9 Å². The number of amides is 1. The molecule has 1 amide bonds. The van der Waals surface area contributed by atoms with Gasteiger partial charge in [0, 0.05) is 24.3 Å². The lowest BCUT2D eigenvalue weighted by Gasteiger charge is -2.13. The fraction of sp³-hybridized carbons (Fsp3) is 0.214. The van der Waals surface area contributed by atoms with Crippen molar-refractivity contribution < 1.29 is 27.8 Å². The molecule has 0 fully saturated rings. The summed E-state index contributed by atoms with van der Waals surface area (Å²) in [6, 6.07) is 19.8. The number of anilines is 1. The lowest BCUT2D eigenvalue weighted by molar-refractivity contribution is -0.141. The molecule has 4 aromatic rings. The number of aliphatic hydroxyl groups excluding tert-OH is 1. The third-order valence-electron chi connectivity index (χ3n) is 5.01. The number of carbonyl (C=O) groups is 1. The number of nitrogens with zero attached hydrogens (tertiary/aromatic N) is 2. The van der Waals surface area contributed by atoms with Crippen LogP contribution in [0, 0.1) is 0 Å². The predicted octanol–water partition coefficient (Wildman–Crippen LogP) is 7.79. The van der Waals surface area contributed by atoms with Crippen LogP contribution in [-0.2, 0) is 17.6 Å². The average Bonchev–Trinajstić information content (AvgIpc) is 3.27. The van der Waals surface area contributed by atoms with Crippen LogP contribution >= 0.6 is 23.2 Å². The molecule has 1 aromatic heterocycles. The Labute approximate surface area is 233 Å². The molecule has 2 N–H and O–H groups in total. The topological polar surface area (TPSA) is 76.4 Å². The lowest BCUT2D eigenvalue weighted by Crippen LogP contribution is -2.09. The van der Waals surface area contributed by atoms with Crippen LogP contribution in [-0.4, -0.2) is 26.9 Å². The molecule has 3 aromatic carbocycles. The summed E-state index contributed by atoms with van der Waals surface area (Å²) in [5.41, 5.74) is 1.47. The maximum atomic E-state index is 13.4. The number of carbonyl (C=O) groups excluding carboxylic acids is 1. The van der Waals surface area contributed by atoms with Gasteiger partial charge in [0.15, 0.2) is 5.69 Å². The van der Waals surface area contributed by atoms with Crippen LogP contribution in [0.1, 0.15) is 32.2 Å². The zero-order valence-corrected chi connectivity index (χ0v) is 22.8. The molecule has 0 bridgehead atoms. The highest BCUT2D eigenvalue weighted by Crippen LogP contribution is 2.34. The first-order valence-electron chi connectivity index (χ1n) is 11.7. The number of aliphatic hydroxyl groups is 1. The molecule has 0 aliphatic carbocycles. The Morgan fingerprint density at radius 2 is 1.62 bits per heavy atom. The fourth-order valence-corrected chi connectivity index (χ4v) is 4.03. The van der Waals surface area contributed by atoms with Crippen molar-refractivity contribution >= 4 is 34.8 Å². The zero-order valence-electron chi connectivity index (χ0n) is 21.3. The number of para-hydroxylation sites is 2. The monoisotopic (exact) mass is 579 g/mol. The predicted molar refractivity (Wildman–Crippen MR) is 146 cm³/mol. The molecule has 0 saturated heterocycles. The van der Waals surface area contributed by atoms with Crippen LogP contribution in [0.2, 0.25) is 10.0 Å². The van der Waals surface area contributed by atoms with E-state index in [0.717, 1.165) is 21.9 Å². The second-order valence-corrected chi connectivity index (χ2v) is 9.45. The molecule has 1 heterocycles.